The summed E-state index contributed by atoms with van der Waals surface area (Å²) in [6.45, 7) is 5.23. The Labute approximate surface area is 117 Å². The molecule has 6 nitrogen and oxygen atoms in total. The van der Waals surface area contributed by atoms with Crippen LogP contribution in [0.25, 0.3) is 0 Å². The largest absolute Gasteiger partial charge is 0.478 e. The maximum atomic E-state index is 10.9. The van der Waals surface area contributed by atoms with Crippen molar-refractivity contribution in [3.63, 3.8) is 0 Å². The molecule has 106 valence electrons. The normalized spacial score (nSPS) is 10.9. The molecule has 6 heteroatoms. The first-order valence-corrected chi connectivity index (χ1v) is 6.50. The SMILES string of the molecule is CC(C)c1n[nH]c(CNCc2cccc(C(=O)O)c2)n1. The number of benzene rings is 1. The Kier molecular flexibility index (Phi) is 4.47. The fourth-order valence-corrected chi connectivity index (χ4v) is 1.79. The molecule has 0 aliphatic rings. The molecule has 0 amide bonds. The van der Waals surface area contributed by atoms with Gasteiger partial charge in [0.25, 0.3) is 0 Å². The second-order valence-corrected chi connectivity index (χ2v) is 4.90. The third-order valence-electron chi connectivity index (χ3n) is 2.86. The molecule has 1 heterocycles. The van der Waals surface area contributed by atoms with Crippen molar-refractivity contribution in [2.45, 2.75) is 32.9 Å². The molecule has 0 fully saturated rings. The number of nitrogens with one attached hydrogen (secondary N) is 2. The molecular weight excluding hydrogens is 256 g/mol. The molecule has 1 aromatic heterocycles. The number of aromatic nitrogens is 3. The number of rotatable bonds is 6. The van der Waals surface area contributed by atoms with Gasteiger partial charge in [0.1, 0.15) is 5.82 Å². The van der Waals surface area contributed by atoms with Crippen LogP contribution in [0.4, 0.5) is 0 Å². The van der Waals surface area contributed by atoms with Crippen molar-refractivity contribution < 1.29 is 9.90 Å². The summed E-state index contributed by atoms with van der Waals surface area (Å²) in [7, 11) is 0. The third kappa shape index (κ3) is 3.64. The highest BCUT2D eigenvalue weighted by atomic mass is 16.4. The minimum Gasteiger partial charge on any atom is -0.478 e. The first kappa shape index (κ1) is 14.2. The van der Waals surface area contributed by atoms with Crippen LogP contribution < -0.4 is 5.32 Å². The van der Waals surface area contributed by atoms with E-state index >= 15 is 0 Å². The van der Waals surface area contributed by atoms with E-state index in [1.165, 1.54) is 0 Å². The van der Waals surface area contributed by atoms with Crippen molar-refractivity contribution in [3.8, 4) is 0 Å². The minimum absolute atomic E-state index is 0.297. The molecule has 0 aliphatic heterocycles. The topological polar surface area (TPSA) is 90.9 Å². The number of carboxylic acid groups (broad SMARTS) is 1. The average molecular weight is 274 g/mol. The molecule has 3 N–H and O–H groups in total. The second kappa shape index (κ2) is 6.29. The maximum Gasteiger partial charge on any atom is 0.335 e. The van der Waals surface area contributed by atoms with Gasteiger partial charge in [0, 0.05) is 12.5 Å². The molecule has 0 bridgehead atoms. The smallest absolute Gasteiger partial charge is 0.335 e. The van der Waals surface area contributed by atoms with Gasteiger partial charge in [0.2, 0.25) is 0 Å². The van der Waals surface area contributed by atoms with Gasteiger partial charge in [-0.05, 0) is 17.7 Å². The number of aromatic carboxylic acids is 1. The van der Waals surface area contributed by atoms with Crippen LogP contribution in [0, 0.1) is 0 Å². The number of hydrogen-bond acceptors (Lipinski definition) is 4. The molecule has 0 spiro atoms. The zero-order valence-electron chi connectivity index (χ0n) is 11.6. The van der Waals surface area contributed by atoms with Crippen molar-refractivity contribution >= 4 is 5.97 Å². The fraction of sp³-hybridized carbons (Fsp3) is 0.357. The Hall–Kier alpha value is -2.21. The first-order valence-electron chi connectivity index (χ1n) is 6.50. The molecule has 0 aliphatic carbocycles. The Morgan fingerprint density at radius 1 is 1.40 bits per heavy atom. The van der Waals surface area contributed by atoms with Crippen LogP contribution in [0.2, 0.25) is 0 Å². The lowest BCUT2D eigenvalue weighted by molar-refractivity contribution is 0.0696. The minimum atomic E-state index is -0.913. The van der Waals surface area contributed by atoms with E-state index in [1.54, 1.807) is 18.2 Å². The summed E-state index contributed by atoms with van der Waals surface area (Å²) in [5, 5.41) is 19.1. The van der Waals surface area contributed by atoms with E-state index < -0.39 is 5.97 Å². The van der Waals surface area contributed by atoms with Gasteiger partial charge in [0.15, 0.2) is 5.82 Å². The molecule has 0 radical (unpaired) electrons. The summed E-state index contributed by atoms with van der Waals surface area (Å²) in [6.07, 6.45) is 0. The predicted octanol–water partition coefficient (Wildman–Crippen LogP) is 1.92. The number of aromatic amines is 1. The van der Waals surface area contributed by atoms with Crippen LogP contribution in [-0.4, -0.2) is 26.3 Å². The van der Waals surface area contributed by atoms with Gasteiger partial charge in [-0.1, -0.05) is 26.0 Å². The van der Waals surface area contributed by atoms with Crippen molar-refractivity contribution in [2.24, 2.45) is 0 Å². The highest BCUT2D eigenvalue weighted by molar-refractivity contribution is 5.87. The lowest BCUT2D eigenvalue weighted by Gasteiger charge is -2.04. The molecule has 2 aromatic rings. The summed E-state index contributed by atoms with van der Waals surface area (Å²) in [5.74, 6) is 0.966. The number of H-pyrrole nitrogens is 1. The summed E-state index contributed by atoms with van der Waals surface area (Å²) < 4.78 is 0. The summed E-state index contributed by atoms with van der Waals surface area (Å²) in [5.41, 5.74) is 1.22. The predicted molar refractivity (Wildman–Crippen MR) is 74.4 cm³/mol. The highest BCUT2D eigenvalue weighted by Gasteiger charge is 2.07. The number of carboxylic acids is 1. The van der Waals surface area contributed by atoms with Crippen molar-refractivity contribution in [1.29, 1.82) is 0 Å². The Bertz CT molecular complexity index is 592. The average Bonchev–Trinajstić information content (AvgIpc) is 2.88. The van der Waals surface area contributed by atoms with E-state index in [0.29, 0.717) is 24.6 Å². The molecule has 20 heavy (non-hydrogen) atoms. The standard InChI is InChI=1S/C14H18N4O2/c1-9(2)13-16-12(17-18-13)8-15-7-10-4-3-5-11(6-10)14(19)20/h3-6,9,15H,7-8H2,1-2H3,(H,19,20)(H,16,17,18). The van der Waals surface area contributed by atoms with E-state index in [9.17, 15) is 4.79 Å². The Balaban J connectivity index is 1.89. The van der Waals surface area contributed by atoms with E-state index in [4.69, 9.17) is 5.11 Å². The zero-order valence-corrected chi connectivity index (χ0v) is 11.6. The number of carbonyl (C=O) groups is 1. The zero-order chi connectivity index (χ0) is 14.5. The van der Waals surface area contributed by atoms with Gasteiger partial charge in [-0.25, -0.2) is 9.78 Å². The molecule has 2 rings (SSSR count). The summed E-state index contributed by atoms with van der Waals surface area (Å²) in [6, 6.07) is 6.87. The lowest BCUT2D eigenvalue weighted by Crippen LogP contribution is -2.14. The molecule has 1 aromatic carbocycles. The van der Waals surface area contributed by atoms with Crippen LogP contribution in [0.3, 0.4) is 0 Å². The van der Waals surface area contributed by atoms with Gasteiger partial charge in [-0.2, -0.15) is 5.10 Å². The third-order valence-corrected chi connectivity index (χ3v) is 2.86. The van der Waals surface area contributed by atoms with Crippen LogP contribution >= 0.6 is 0 Å². The van der Waals surface area contributed by atoms with E-state index in [-0.39, 0.29) is 0 Å². The van der Waals surface area contributed by atoms with Crippen LogP contribution in [0.15, 0.2) is 24.3 Å². The molecule has 0 unspecified atom stereocenters. The number of nitrogens with zero attached hydrogens (tertiary/aromatic N) is 2. The first-order chi connectivity index (χ1) is 9.56. The second-order valence-electron chi connectivity index (χ2n) is 4.90. The quantitative estimate of drug-likeness (QED) is 0.748. The van der Waals surface area contributed by atoms with Gasteiger partial charge in [-0.15, -0.1) is 0 Å². The van der Waals surface area contributed by atoms with Crippen molar-refractivity contribution in [3.05, 3.63) is 47.0 Å². The van der Waals surface area contributed by atoms with E-state index in [0.717, 1.165) is 17.2 Å². The highest BCUT2D eigenvalue weighted by Crippen LogP contribution is 2.08. The van der Waals surface area contributed by atoms with Gasteiger partial charge >= 0.3 is 5.97 Å². The van der Waals surface area contributed by atoms with E-state index in [2.05, 4.69) is 20.5 Å². The molecule has 0 saturated carbocycles. The molecular formula is C14H18N4O2. The summed E-state index contributed by atoms with van der Waals surface area (Å²) in [4.78, 5) is 15.2. The lowest BCUT2D eigenvalue weighted by atomic mass is 10.1. The van der Waals surface area contributed by atoms with Crippen molar-refractivity contribution in [1.82, 2.24) is 20.5 Å². The summed E-state index contributed by atoms with van der Waals surface area (Å²) >= 11 is 0. The number of hydrogen-bond donors (Lipinski definition) is 3. The Morgan fingerprint density at radius 2 is 2.20 bits per heavy atom. The van der Waals surface area contributed by atoms with Crippen LogP contribution in [0.1, 0.15) is 47.3 Å². The van der Waals surface area contributed by atoms with Crippen LogP contribution in [-0.2, 0) is 13.1 Å². The van der Waals surface area contributed by atoms with Gasteiger partial charge in [-0.3, -0.25) is 5.10 Å². The van der Waals surface area contributed by atoms with Crippen molar-refractivity contribution in [2.75, 3.05) is 0 Å². The maximum absolute atomic E-state index is 10.9. The van der Waals surface area contributed by atoms with Gasteiger partial charge < -0.3 is 10.4 Å². The molecule has 0 saturated heterocycles. The fourth-order valence-electron chi connectivity index (χ4n) is 1.79. The van der Waals surface area contributed by atoms with E-state index in [1.807, 2.05) is 19.9 Å². The molecule has 0 atom stereocenters. The van der Waals surface area contributed by atoms with Gasteiger partial charge in [0.05, 0.1) is 12.1 Å². The monoisotopic (exact) mass is 274 g/mol. The Morgan fingerprint density at radius 3 is 2.85 bits per heavy atom. The van der Waals surface area contributed by atoms with Crippen LogP contribution in [0.5, 0.6) is 0 Å².